The molecule has 0 radical (unpaired) electrons. The van der Waals surface area contributed by atoms with Gasteiger partial charge in [-0.05, 0) is 43.3 Å². The summed E-state index contributed by atoms with van der Waals surface area (Å²) in [5.74, 6) is 2.59. The molecular weight excluding hydrogens is 378 g/mol. The molecule has 0 aromatic heterocycles. The first-order chi connectivity index (χ1) is 11.6. The summed E-state index contributed by atoms with van der Waals surface area (Å²) < 4.78 is 15.7. The molecule has 132 valence electrons. The third-order valence-electron chi connectivity index (χ3n) is 3.86. The molecule has 1 aromatic carbocycles. The van der Waals surface area contributed by atoms with Gasteiger partial charge in [-0.3, -0.25) is 9.59 Å². The molecule has 0 bridgehead atoms. The van der Waals surface area contributed by atoms with Crippen LogP contribution in [0.5, 0.6) is 11.5 Å². The Labute approximate surface area is 150 Å². The molecule has 1 amide bonds. The van der Waals surface area contributed by atoms with Crippen molar-refractivity contribution in [2.75, 3.05) is 25.7 Å². The van der Waals surface area contributed by atoms with Gasteiger partial charge in [0.1, 0.15) is 0 Å². The minimum absolute atomic E-state index is 0.105. The Kier molecular flexibility index (Phi) is 6.90. The number of amides is 1. The van der Waals surface area contributed by atoms with E-state index in [1.807, 2.05) is 5.83 Å². The highest BCUT2D eigenvalue weighted by Gasteiger charge is 2.26. The van der Waals surface area contributed by atoms with Crippen molar-refractivity contribution in [2.24, 2.45) is 0 Å². The summed E-state index contributed by atoms with van der Waals surface area (Å²) in [6, 6.07) is 5.32. The third kappa shape index (κ3) is 4.63. The monoisotopic (exact) mass is 399 g/mol. The van der Waals surface area contributed by atoms with Crippen molar-refractivity contribution >= 4 is 27.8 Å². The van der Waals surface area contributed by atoms with Crippen LogP contribution in [0, 0.1) is 0 Å². The fourth-order valence-corrected chi connectivity index (χ4v) is 2.70. The van der Waals surface area contributed by atoms with Gasteiger partial charge in [0.15, 0.2) is 17.6 Å². The molecule has 2 aliphatic heterocycles. The normalized spacial score (nSPS) is 16.2. The molecule has 0 N–H and O–H groups in total. The van der Waals surface area contributed by atoms with Gasteiger partial charge < -0.3 is 19.1 Å². The average molecular weight is 400 g/mol. The standard InChI is InChI=1S/C16H19NO5.CH3Br/c1-11(16(19)17-6-2-3-7-17)22-15(18)9-12-4-5-13-14(8-12)21-10-20-13;1-2/h4-5,8,11H,2-3,6-7,9-10H2,1H3;1H3/t11-;/m0./s1. The Morgan fingerprint density at radius 3 is 2.58 bits per heavy atom. The molecule has 7 heteroatoms. The van der Waals surface area contributed by atoms with E-state index >= 15 is 0 Å². The van der Waals surface area contributed by atoms with Gasteiger partial charge in [-0.15, -0.1) is 0 Å². The molecule has 24 heavy (non-hydrogen) atoms. The summed E-state index contributed by atoms with van der Waals surface area (Å²) in [7, 11) is 0. The molecule has 2 heterocycles. The smallest absolute Gasteiger partial charge is 0.311 e. The minimum atomic E-state index is -0.736. The van der Waals surface area contributed by atoms with Gasteiger partial charge in [-0.1, -0.05) is 22.0 Å². The summed E-state index contributed by atoms with van der Waals surface area (Å²) in [5, 5.41) is 0. The Balaban J connectivity index is 0.00000100. The van der Waals surface area contributed by atoms with E-state index in [0.29, 0.717) is 11.5 Å². The number of likely N-dealkylation sites (tertiary alicyclic amines) is 1. The maximum absolute atomic E-state index is 12.1. The number of rotatable bonds is 4. The maximum Gasteiger partial charge on any atom is 0.311 e. The van der Waals surface area contributed by atoms with Crippen LogP contribution in [0.2, 0.25) is 0 Å². The van der Waals surface area contributed by atoms with E-state index in [0.717, 1.165) is 31.5 Å². The van der Waals surface area contributed by atoms with Crippen LogP contribution >= 0.6 is 15.9 Å². The number of hydrogen-bond acceptors (Lipinski definition) is 5. The minimum Gasteiger partial charge on any atom is -0.454 e. The van der Waals surface area contributed by atoms with Crippen molar-refractivity contribution in [3.05, 3.63) is 23.8 Å². The number of hydrogen-bond donors (Lipinski definition) is 0. The molecule has 1 fully saturated rings. The summed E-state index contributed by atoms with van der Waals surface area (Å²) in [5.41, 5.74) is 0.773. The van der Waals surface area contributed by atoms with Crippen molar-refractivity contribution in [1.82, 2.24) is 4.90 Å². The van der Waals surface area contributed by atoms with Crippen LogP contribution in [0.25, 0.3) is 0 Å². The highest BCUT2D eigenvalue weighted by Crippen LogP contribution is 2.32. The molecule has 1 atom stereocenters. The van der Waals surface area contributed by atoms with Crippen molar-refractivity contribution in [3.8, 4) is 11.5 Å². The first-order valence-electron chi connectivity index (χ1n) is 7.88. The largest absolute Gasteiger partial charge is 0.454 e. The van der Waals surface area contributed by atoms with Crippen LogP contribution in [-0.4, -0.2) is 48.6 Å². The summed E-state index contributed by atoms with van der Waals surface area (Å²) in [6.07, 6.45) is 1.40. The van der Waals surface area contributed by atoms with Gasteiger partial charge >= 0.3 is 5.97 Å². The zero-order chi connectivity index (χ0) is 17.5. The van der Waals surface area contributed by atoms with E-state index in [9.17, 15) is 9.59 Å². The second kappa shape index (κ2) is 8.92. The Hall–Kier alpha value is -1.76. The Bertz CT molecular complexity index is 586. The van der Waals surface area contributed by atoms with Crippen molar-refractivity contribution < 1.29 is 23.8 Å². The molecule has 1 aromatic rings. The molecule has 0 saturated carbocycles. The number of esters is 1. The van der Waals surface area contributed by atoms with Gasteiger partial charge in [-0.25, -0.2) is 0 Å². The number of nitrogens with zero attached hydrogens (tertiary/aromatic N) is 1. The highest BCUT2D eigenvalue weighted by atomic mass is 79.9. The van der Waals surface area contributed by atoms with E-state index in [4.69, 9.17) is 14.2 Å². The number of halogens is 1. The van der Waals surface area contributed by atoms with E-state index in [2.05, 4.69) is 15.9 Å². The van der Waals surface area contributed by atoms with E-state index < -0.39 is 12.1 Å². The SMILES string of the molecule is CBr.C[C@H](OC(=O)Cc1ccc2c(c1)OCO2)C(=O)N1CCCC1. The first-order valence-corrected chi connectivity index (χ1v) is 9.46. The lowest BCUT2D eigenvalue weighted by molar-refractivity contribution is -0.158. The number of carbonyl (C=O) groups is 2. The van der Waals surface area contributed by atoms with Gasteiger partial charge in [-0.2, -0.15) is 0 Å². The predicted octanol–water partition coefficient (Wildman–Crippen LogP) is 2.52. The summed E-state index contributed by atoms with van der Waals surface area (Å²) in [4.78, 5) is 25.8. The van der Waals surface area contributed by atoms with Crippen LogP contribution in [0.4, 0.5) is 0 Å². The summed E-state index contributed by atoms with van der Waals surface area (Å²) >= 11 is 2.94. The van der Waals surface area contributed by atoms with Crippen molar-refractivity contribution in [3.63, 3.8) is 0 Å². The topological polar surface area (TPSA) is 65.1 Å². The molecule has 0 spiro atoms. The van der Waals surface area contributed by atoms with E-state index in [1.165, 1.54) is 0 Å². The van der Waals surface area contributed by atoms with Gasteiger partial charge in [0.05, 0.1) is 6.42 Å². The molecule has 3 rings (SSSR count). The number of fused-ring (bicyclic) bond motifs is 1. The number of carbonyl (C=O) groups excluding carboxylic acids is 2. The van der Waals surface area contributed by atoms with Crippen LogP contribution in [0.1, 0.15) is 25.3 Å². The average Bonchev–Trinajstić information content (AvgIpc) is 3.27. The van der Waals surface area contributed by atoms with Gasteiger partial charge in [0.25, 0.3) is 5.91 Å². The fraction of sp³-hybridized carbons (Fsp3) is 0.529. The van der Waals surface area contributed by atoms with Crippen LogP contribution in [0.3, 0.4) is 0 Å². The zero-order valence-corrected chi connectivity index (χ0v) is 15.5. The predicted molar refractivity (Wildman–Crippen MR) is 92.5 cm³/mol. The second-order valence-corrected chi connectivity index (χ2v) is 5.53. The van der Waals surface area contributed by atoms with E-state index in [1.54, 1.807) is 30.0 Å². The van der Waals surface area contributed by atoms with Crippen LogP contribution in [-0.2, 0) is 20.7 Å². The van der Waals surface area contributed by atoms with Crippen molar-refractivity contribution in [2.45, 2.75) is 32.3 Å². The molecule has 6 nitrogen and oxygen atoms in total. The summed E-state index contributed by atoms with van der Waals surface area (Å²) in [6.45, 7) is 3.33. The molecule has 0 unspecified atom stereocenters. The van der Waals surface area contributed by atoms with Crippen LogP contribution < -0.4 is 9.47 Å². The first kappa shape index (κ1) is 18.6. The molecular formula is C17H22BrNO5. The number of benzene rings is 1. The zero-order valence-electron chi connectivity index (χ0n) is 13.9. The molecule has 1 saturated heterocycles. The lowest BCUT2D eigenvalue weighted by Gasteiger charge is -2.20. The quantitative estimate of drug-likeness (QED) is 0.574. The Morgan fingerprint density at radius 2 is 1.88 bits per heavy atom. The maximum atomic E-state index is 12.1. The second-order valence-electron chi connectivity index (χ2n) is 5.53. The third-order valence-corrected chi connectivity index (χ3v) is 3.86. The molecule has 2 aliphatic rings. The van der Waals surface area contributed by atoms with Gasteiger partial charge in [0, 0.05) is 13.1 Å². The lowest BCUT2D eigenvalue weighted by atomic mass is 10.1. The van der Waals surface area contributed by atoms with Crippen LogP contribution in [0.15, 0.2) is 18.2 Å². The number of ether oxygens (including phenoxy) is 3. The highest BCUT2D eigenvalue weighted by molar-refractivity contribution is 9.08. The Morgan fingerprint density at radius 1 is 1.21 bits per heavy atom. The van der Waals surface area contributed by atoms with Gasteiger partial charge in [0.2, 0.25) is 6.79 Å². The molecule has 0 aliphatic carbocycles. The van der Waals surface area contributed by atoms with E-state index in [-0.39, 0.29) is 19.1 Å². The fourth-order valence-electron chi connectivity index (χ4n) is 2.70. The van der Waals surface area contributed by atoms with Crippen molar-refractivity contribution in [1.29, 1.82) is 0 Å². The number of alkyl halides is 1. The lowest BCUT2D eigenvalue weighted by Crippen LogP contribution is -2.38.